The van der Waals surface area contributed by atoms with Crippen molar-refractivity contribution in [3.8, 4) is 11.1 Å². The predicted octanol–water partition coefficient (Wildman–Crippen LogP) is 9.49. The normalized spacial score (nSPS) is 15.0. The van der Waals surface area contributed by atoms with E-state index in [9.17, 15) is 39.9 Å². The second-order valence-electron chi connectivity index (χ2n) is 15.1. The Hall–Kier alpha value is -4.58. The van der Waals surface area contributed by atoms with E-state index in [-0.39, 0.29) is 11.5 Å². The van der Waals surface area contributed by atoms with Crippen LogP contribution in [-0.4, -0.2) is 82.8 Å². The van der Waals surface area contributed by atoms with Crippen molar-refractivity contribution in [3.05, 3.63) is 144 Å². The third-order valence-corrected chi connectivity index (χ3v) is 15.4. The lowest BCUT2D eigenvalue weighted by Crippen LogP contribution is -2.36. The summed E-state index contributed by atoms with van der Waals surface area (Å²) in [5.41, 5.74) is -2.75. The summed E-state index contributed by atoms with van der Waals surface area (Å²) in [6.45, 7) is 8.74. The molecule has 335 valence electrons. The van der Waals surface area contributed by atoms with Crippen molar-refractivity contribution in [1.29, 1.82) is 0 Å². The summed E-state index contributed by atoms with van der Waals surface area (Å²) in [6.07, 6.45) is 1.06. The minimum atomic E-state index is -6.07. The molecule has 0 unspecified atom stereocenters. The first-order valence-electron chi connectivity index (χ1n) is 20.4. The molecule has 3 N–H and O–H groups in total. The van der Waals surface area contributed by atoms with Crippen LogP contribution in [0, 0.1) is 12.8 Å². The van der Waals surface area contributed by atoms with Crippen molar-refractivity contribution in [2.24, 2.45) is 5.92 Å². The second-order valence-corrected chi connectivity index (χ2v) is 20.3. The molecule has 1 radical (unpaired) electrons. The Kier molecular flexibility index (Phi) is 15.9. The van der Waals surface area contributed by atoms with Gasteiger partial charge in [-0.2, -0.15) is 13.2 Å². The smallest absolute Gasteiger partial charge is 0.388 e. The lowest BCUT2D eigenvalue weighted by atomic mass is 9.84. The maximum atomic E-state index is 14.1. The monoisotopic (exact) mass is 941 g/mol. The summed E-state index contributed by atoms with van der Waals surface area (Å²) in [4.78, 5) is 16.2. The average molecular weight is 943 g/mol. The number of thioether (sulfide) groups is 1. The number of sulfone groups is 1. The van der Waals surface area contributed by atoms with Crippen molar-refractivity contribution in [2.75, 3.05) is 48.7 Å². The molecule has 6 rings (SSSR count). The van der Waals surface area contributed by atoms with Crippen LogP contribution in [0.15, 0.2) is 136 Å². The van der Waals surface area contributed by atoms with E-state index in [4.69, 9.17) is 11.6 Å². The number of anilines is 2. The number of nitrogens with zero attached hydrogens (tertiary/aromatic N) is 2. The molecule has 10 nitrogen and oxygen atoms in total. The Morgan fingerprint density at radius 2 is 1.57 bits per heavy atom. The van der Waals surface area contributed by atoms with Crippen LogP contribution in [0.25, 0.3) is 11.1 Å². The number of amides is 1. The van der Waals surface area contributed by atoms with Gasteiger partial charge >= 0.3 is 5.51 Å². The van der Waals surface area contributed by atoms with Crippen LogP contribution < -0.4 is 14.9 Å². The van der Waals surface area contributed by atoms with Gasteiger partial charge in [0.05, 0.1) is 16.7 Å². The molecule has 0 aliphatic carbocycles. The van der Waals surface area contributed by atoms with Crippen molar-refractivity contribution in [2.45, 2.75) is 58.5 Å². The van der Waals surface area contributed by atoms with Gasteiger partial charge in [0, 0.05) is 52.6 Å². The van der Waals surface area contributed by atoms with Crippen molar-refractivity contribution in [1.82, 2.24) is 9.62 Å². The maximum Gasteiger partial charge on any atom is 0.501 e. The molecule has 0 bridgehead atoms. The first-order chi connectivity index (χ1) is 30.0. The van der Waals surface area contributed by atoms with E-state index >= 15 is 0 Å². The quantitative estimate of drug-likeness (QED) is 0.0730. The molecule has 0 spiro atoms. The average Bonchev–Trinajstić information content (AvgIpc) is 3.28. The van der Waals surface area contributed by atoms with E-state index in [1.54, 1.807) is 12.1 Å². The van der Waals surface area contributed by atoms with Crippen molar-refractivity contribution in [3.63, 3.8) is 0 Å². The fraction of sp³-hybridized carbons (Fsp3) is 0.304. The Balaban J connectivity index is 1.14. The zero-order valence-electron chi connectivity index (χ0n) is 34.5. The number of benzene rings is 5. The number of piperidine rings is 1. The number of sulfonamides is 1. The van der Waals surface area contributed by atoms with E-state index in [0.717, 1.165) is 39.4 Å². The van der Waals surface area contributed by atoms with Gasteiger partial charge in [-0.25, -0.2) is 21.6 Å². The van der Waals surface area contributed by atoms with Crippen LogP contribution in [0.5, 0.6) is 0 Å². The number of aliphatic hydroxyl groups excluding tert-OH is 1. The van der Waals surface area contributed by atoms with E-state index < -0.39 is 58.9 Å². The Bertz CT molecular complexity index is 2540. The van der Waals surface area contributed by atoms with Gasteiger partial charge in [0.2, 0.25) is 0 Å². The first kappa shape index (κ1) is 47.9. The zero-order valence-corrected chi connectivity index (χ0v) is 37.7. The molecule has 1 aliphatic heterocycles. The topological polar surface area (TPSA) is 136 Å². The van der Waals surface area contributed by atoms with Crippen LogP contribution >= 0.6 is 23.4 Å². The molecule has 1 amide bonds. The molecular formula is C46H49ClF3N4O6S3. The van der Waals surface area contributed by atoms with Gasteiger partial charge in [-0.05, 0) is 129 Å². The zero-order chi connectivity index (χ0) is 45.4. The summed E-state index contributed by atoms with van der Waals surface area (Å²) >= 11 is 7.52. The van der Waals surface area contributed by atoms with Crippen LogP contribution in [0.3, 0.4) is 0 Å². The molecule has 0 saturated carbocycles. The minimum Gasteiger partial charge on any atom is -0.388 e. The highest BCUT2D eigenvalue weighted by Crippen LogP contribution is 2.39. The Labute approximate surface area is 376 Å². The van der Waals surface area contributed by atoms with Crippen molar-refractivity contribution >= 4 is 60.5 Å². The first-order valence-corrected chi connectivity index (χ1v) is 24.7. The van der Waals surface area contributed by atoms with Gasteiger partial charge in [-0.15, -0.1) is 11.8 Å². The maximum absolute atomic E-state index is 14.1. The van der Waals surface area contributed by atoms with Crippen molar-refractivity contribution < 1.29 is 39.9 Å². The van der Waals surface area contributed by atoms with E-state index in [1.165, 1.54) is 23.9 Å². The number of alkyl halides is 3. The Morgan fingerprint density at radius 1 is 0.921 bits per heavy atom. The highest BCUT2D eigenvalue weighted by molar-refractivity contribution is 7.99. The number of carbonyl (C=O) groups excluding carboxylic acids is 1. The number of carbonyl (C=O) groups is 1. The van der Waals surface area contributed by atoms with E-state index in [2.05, 4.69) is 17.1 Å². The van der Waals surface area contributed by atoms with Crippen LogP contribution in [0.2, 0.25) is 5.02 Å². The Morgan fingerprint density at radius 3 is 2.21 bits per heavy atom. The fourth-order valence-electron chi connectivity index (χ4n) is 7.47. The number of hydrogen-bond donors (Lipinski definition) is 3. The van der Waals surface area contributed by atoms with Gasteiger partial charge in [0.1, 0.15) is 4.90 Å². The van der Waals surface area contributed by atoms with Gasteiger partial charge in [-0.3, -0.25) is 4.79 Å². The largest absolute Gasteiger partial charge is 0.501 e. The summed E-state index contributed by atoms with van der Waals surface area (Å²) in [5, 5.41) is 15.1. The number of rotatable bonds is 18. The van der Waals surface area contributed by atoms with E-state index in [1.807, 2.05) is 95.4 Å². The van der Waals surface area contributed by atoms with E-state index in [0.29, 0.717) is 68.8 Å². The molecule has 2 atom stereocenters. The highest BCUT2D eigenvalue weighted by Gasteiger charge is 2.48. The van der Waals surface area contributed by atoms with Gasteiger partial charge in [0.25, 0.3) is 25.8 Å². The third kappa shape index (κ3) is 12.0. The standard InChI is InChI=1S/C46H49ClF3N4O6S3/c1-3-53(4-2)27-26-36(31-61-38-10-6-5-7-11-38)51-42-23-22-39(30-43(42)62(57,58)46(48,49)50)63(59,60)52-45(56)34-16-20-37(21-17-34)54-28-24-33(25-29-54)44(55)41-13-9-8-12-40(41)32-14-18-35(47)19-15-32/h5-23,30,33,36,44,51,55H,1,3-4,24-29,31H2,2H3,(H,52,56)/t36-,44-/m1/s1. The van der Waals surface area contributed by atoms with Crippen LogP contribution in [-0.2, 0) is 19.9 Å². The predicted molar refractivity (Wildman–Crippen MR) is 244 cm³/mol. The summed E-state index contributed by atoms with van der Waals surface area (Å²) in [7, 11) is -10.9. The van der Waals surface area contributed by atoms with Gasteiger partial charge in [-0.1, -0.05) is 73.1 Å². The van der Waals surface area contributed by atoms with Crippen LogP contribution in [0.1, 0.15) is 48.2 Å². The van der Waals surface area contributed by atoms with Gasteiger partial charge in [0.15, 0.2) is 0 Å². The van der Waals surface area contributed by atoms with Crippen LogP contribution in [0.4, 0.5) is 24.5 Å². The number of hydrogen-bond acceptors (Lipinski definition) is 10. The molecule has 1 aliphatic rings. The summed E-state index contributed by atoms with van der Waals surface area (Å²) in [5.74, 6) is -0.729. The lowest BCUT2D eigenvalue weighted by molar-refractivity contribution is -0.0435. The number of aliphatic hydroxyl groups is 1. The molecule has 17 heteroatoms. The van der Waals surface area contributed by atoms with Gasteiger partial charge < -0.3 is 20.2 Å². The number of halogens is 4. The highest BCUT2D eigenvalue weighted by atomic mass is 35.5. The molecule has 1 heterocycles. The molecular weight excluding hydrogens is 893 g/mol. The SMILES string of the molecule is [CH2]CN(CC)CC[C@H](CSc1ccccc1)Nc1ccc(S(=O)(=O)NC(=O)c2ccc(N3CCC([C@@H](O)c4ccccc4-c4ccc(Cl)cc4)CC3)cc2)cc1S(=O)(=O)C(F)(F)F. The summed E-state index contributed by atoms with van der Waals surface area (Å²) < 4.78 is 97.2. The molecule has 0 aromatic heterocycles. The molecule has 5 aromatic carbocycles. The molecule has 5 aromatic rings. The number of nitrogens with one attached hydrogen (secondary N) is 2. The summed E-state index contributed by atoms with van der Waals surface area (Å²) in [6, 6.07) is 32.5. The molecule has 63 heavy (non-hydrogen) atoms. The molecule has 1 fully saturated rings. The third-order valence-electron chi connectivity index (χ3n) is 11.1. The minimum absolute atomic E-state index is 0.0168. The molecule has 1 saturated heterocycles. The fourth-order valence-corrected chi connectivity index (χ4v) is 10.6. The second kappa shape index (κ2) is 20.9. The lowest BCUT2D eigenvalue weighted by Gasteiger charge is -2.36.